The van der Waals surface area contributed by atoms with Crippen molar-refractivity contribution >= 4 is 28.4 Å². The van der Waals surface area contributed by atoms with Gasteiger partial charge in [0.05, 0.1) is 12.4 Å². The molecule has 0 saturated carbocycles. The summed E-state index contributed by atoms with van der Waals surface area (Å²) in [5, 5.41) is 6.41. The molecule has 0 aliphatic rings. The molecule has 9 heteroatoms. The first kappa shape index (κ1) is 18.1. The molecule has 3 N–H and O–H groups in total. The number of nitrogens with zero attached hydrogens (tertiary/aromatic N) is 5. The smallest absolute Gasteiger partial charge is 0.274 e. The van der Waals surface area contributed by atoms with Gasteiger partial charge in [-0.05, 0) is 20.0 Å². The van der Waals surface area contributed by atoms with E-state index in [1.54, 1.807) is 13.2 Å². The van der Waals surface area contributed by atoms with Crippen molar-refractivity contribution in [1.29, 1.82) is 0 Å². The average Bonchev–Trinajstić information content (AvgIpc) is 3.08. The van der Waals surface area contributed by atoms with Crippen molar-refractivity contribution in [2.75, 3.05) is 30.8 Å². The van der Waals surface area contributed by atoms with Crippen molar-refractivity contribution < 1.29 is 0 Å². The van der Waals surface area contributed by atoms with E-state index in [0.717, 1.165) is 18.9 Å². The van der Waals surface area contributed by atoms with Gasteiger partial charge in [-0.15, -0.1) is 0 Å². The summed E-state index contributed by atoms with van der Waals surface area (Å²) in [5.41, 5.74) is 1.47. The molecular formula is C17H26N8O. The van der Waals surface area contributed by atoms with Crippen LogP contribution in [0.2, 0.25) is 0 Å². The molecule has 9 nitrogen and oxygen atoms in total. The first-order valence-electron chi connectivity index (χ1n) is 9.02. The molecular weight excluding hydrogens is 332 g/mol. The average molecular weight is 358 g/mol. The van der Waals surface area contributed by atoms with Crippen molar-refractivity contribution in [2.24, 2.45) is 0 Å². The van der Waals surface area contributed by atoms with Crippen LogP contribution < -0.4 is 16.2 Å². The summed E-state index contributed by atoms with van der Waals surface area (Å²) < 4.78 is 1.81. The fraction of sp³-hybridized carbons (Fsp3) is 0.529. The quantitative estimate of drug-likeness (QED) is 0.552. The standard InChI is InChI=1S/C17H26N8O/c1-6-12-19-9-11-16(26)21-13-14(18-5)22-17(23-15(13)25(11)12)20-10(4)24(7-2)8-3/h9-10H,6-8H2,1-5H3,(H,21,26)(H2,18,20,22,23). The Morgan fingerprint density at radius 1 is 1.27 bits per heavy atom. The third-order valence-electron chi connectivity index (χ3n) is 4.66. The second-order valence-corrected chi connectivity index (χ2v) is 6.09. The van der Waals surface area contributed by atoms with E-state index in [9.17, 15) is 4.79 Å². The van der Waals surface area contributed by atoms with Crippen molar-refractivity contribution in [3.8, 4) is 0 Å². The van der Waals surface area contributed by atoms with E-state index in [4.69, 9.17) is 0 Å². The zero-order valence-corrected chi connectivity index (χ0v) is 15.9. The number of fused-ring (bicyclic) bond motifs is 3. The molecule has 0 fully saturated rings. The molecule has 0 amide bonds. The van der Waals surface area contributed by atoms with Gasteiger partial charge < -0.3 is 15.6 Å². The summed E-state index contributed by atoms with van der Waals surface area (Å²) in [6.45, 7) is 10.2. The fourth-order valence-corrected chi connectivity index (χ4v) is 3.23. The highest BCUT2D eigenvalue weighted by Gasteiger charge is 2.17. The van der Waals surface area contributed by atoms with Crippen molar-refractivity contribution in [2.45, 2.75) is 40.3 Å². The summed E-state index contributed by atoms with van der Waals surface area (Å²) in [4.78, 5) is 31.1. The van der Waals surface area contributed by atoms with E-state index < -0.39 is 0 Å². The van der Waals surface area contributed by atoms with E-state index in [2.05, 4.69) is 56.2 Å². The van der Waals surface area contributed by atoms with Crippen LogP contribution in [-0.2, 0) is 6.42 Å². The summed E-state index contributed by atoms with van der Waals surface area (Å²) in [7, 11) is 1.77. The molecule has 1 atom stereocenters. The molecule has 0 aliphatic heterocycles. The molecule has 0 bridgehead atoms. The molecule has 3 heterocycles. The number of aromatic nitrogens is 5. The Balaban J connectivity index is 2.21. The van der Waals surface area contributed by atoms with E-state index in [1.165, 1.54) is 0 Å². The Hall–Kier alpha value is -2.68. The number of hydrogen-bond acceptors (Lipinski definition) is 7. The molecule has 0 aromatic carbocycles. The third-order valence-corrected chi connectivity index (χ3v) is 4.66. The SMILES string of the molecule is CCc1ncc2c(=O)[nH]c3c(NC)nc(NC(C)N(CC)CC)nc3n12. The molecule has 3 rings (SSSR count). The highest BCUT2D eigenvalue weighted by atomic mass is 16.1. The number of nitrogens with one attached hydrogen (secondary N) is 3. The minimum Gasteiger partial charge on any atom is -0.371 e. The molecule has 1 unspecified atom stereocenters. The molecule has 3 aromatic rings. The number of anilines is 2. The zero-order valence-electron chi connectivity index (χ0n) is 15.9. The topological polar surface area (TPSA) is 103 Å². The zero-order chi connectivity index (χ0) is 18.8. The lowest BCUT2D eigenvalue weighted by atomic mass is 10.4. The highest BCUT2D eigenvalue weighted by molar-refractivity contribution is 5.85. The molecule has 0 aliphatic carbocycles. The van der Waals surface area contributed by atoms with Crippen LogP contribution >= 0.6 is 0 Å². The van der Waals surface area contributed by atoms with Crippen LogP contribution in [0.25, 0.3) is 16.7 Å². The molecule has 3 aromatic heterocycles. The van der Waals surface area contributed by atoms with Gasteiger partial charge in [-0.2, -0.15) is 9.97 Å². The van der Waals surface area contributed by atoms with Crippen LogP contribution in [0.5, 0.6) is 0 Å². The van der Waals surface area contributed by atoms with Gasteiger partial charge in [-0.3, -0.25) is 14.1 Å². The van der Waals surface area contributed by atoms with E-state index in [1.807, 2.05) is 11.3 Å². The van der Waals surface area contributed by atoms with Gasteiger partial charge in [0, 0.05) is 13.5 Å². The summed E-state index contributed by atoms with van der Waals surface area (Å²) in [6, 6.07) is 0. The Bertz CT molecular complexity index is 972. The van der Waals surface area contributed by atoms with E-state index in [-0.39, 0.29) is 11.7 Å². The Labute approximate surface area is 151 Å². The molecule has 0 saturated heterocycles. The second kappa shape index (κ2) is 7.28. The predicted octanol–water partition coefficient (Wildman–Crippen LogP) is 1.67. The number of rotatable bonds is 7. The fourth-order valence-electron chi connectivity index (χ4n) is 3.23. The van der Waals surface area contributed by atoms with E-state index in [0.29, 0.717) is 34.9 Å². The largest absolute Gasteiger partial charge is 0.371 e. The van der Waals surface area contributed by atoms with Crippen molar-refractivity contribution in [1.82, 2.24) is 29.2 Å². The number of imidazole rings is 1. The monoisotopic (exact) mass is 358 g/mol. The maximum Gasteiger partial charge on any atom is 0.274 e. The van der Waals surface area contributed by atoms with Crippen molar-refractivity contribution in [3.63, 3.8) is 0 Å². The van der Waals surface area contributed by atoms with Gasteiger partial charge in [0.1, 0.15) is 16.9 Å². The summed E-state index contributed by atoms with van der Waals surface area (Å²) in [5.74, 6) is 1.86. The third kappa shape index (κ3) is 2.98. The maximum atomic E-state index is 12.4. The Morgan fingerprint density at radius 3 is 2.62 bits per heavy atom. The number of aryl methyl sites for hydroxylation is 1. The number of hydrogen-bond donors (Lipinski definition) is 3. The van der Waals surface area contributed by atoms with Gasteiger partial charge in [-0.1, -0.05) is 20.8 Å². The lowest BCUT2D eigenvalue weighted by Crippen LogP contribution is -2.38. The van der Waals surface area contributed by atoms with Crippen LogP contribution in [0.15, 0.2) is 11.0 Å². The highest BCUT2D eigenvalue weighted by Crippen LogP contribution is 2.21. The predicted molar refractivity (Wildman–Crippen MR) is 104 cm³/mol. The van der Waals surface area contributed by atoms with Crippen LogP contribution in [0.1, 0.15) is 33.5 Å². The van der Waals surface area contributed by atoms with E-state index >= 15 is 0 Å². The molecule has 0 radical (unpaired) electrons. The molecule has 26 heavy (non-hydrogen) atoms. The minimum atomic E-state index is -0.206. The lowest BCUT2D eigenvalue weighted by Gasteiger charge is -2.27. The number of aromatic amines is 1. The van der Waals surface area contributed by atoms with Gasteiger partial charge in [-0.25, -0.2) is 4.98 Å². The maximum absolute atomic E-state index is 12.4. The van der Waals surface area contributed by atoms with Gasteiger partial charge in [0.25, 0.3) is 5.56 Å². The van der Waals surface area contributed by atoms with Gasteiger partial charge in [0.15, 0.2) is 11.5 Å². The van der Waals surface area contributed by atoms with Gasteiger partial charge >= 0.3 is 0 Å². The van der Waals surface area contributed by atoms with Crippen molar-refractivity contribution in [3.05, 3.63) is 22.4 Å². The summed E-state index contributed by atoms with van der Waals surface area (Å²) >= 11 is 0. The van der Waals surface area contributed by atoms with Crippen LogP contribution in [-0.4, -0.2) is 55.5 Å². The second-order valence-electron chi connectivity index (χ2n) is 6.09. The molecule has 140 valence electrons. The number of H-pyrrole nitrogens is 1. The van der Waals surface area contributed by atoms with Crippen LogP contribution in [0.3, 0.4) is 0 Å². The normalized spacial score (nSPS) is 12.8. The minimum absolute atomic E-state index is 0.0823. The molecule has 0 spiro atoms. The first-order valence-corrected chi connectivity index (χ1v) is 9.02. The Kier molecular flexibility index (Phi) is 5.08. The lowest BCUT2D eigenvalue weighted by molar-refractivity contribution is 0.252. The van der Waals surface area contributed by atoms with Gasteiger partial charge in [0.2, 0.25) is 5.95 Å². The van der Waals surface area contributed by atoms with Crippen LogP contribution in [0.4, 0.5) is 11.8 Å². The first-order chi connectivity index (χ1) is 12.5. The summed E-state index contributed by atoms with van der Waals surface area (Å²) in [6.07, 6.45) is 2.37. The van der Waals surface area contributed by atoms with Crippen LogP contribution in [0, 0.1) is 0 Å². The Morgan fingerprint density at radius 2 is 2.00 bits per heavy atom.